The lowest BCUT2D eigenvalue weighted by Gasteiger charge is -2.13. The lowest BCUT2D eigenvalue weighted by Crippen LogP contribution is -2.35. The molecule has 1 heterocycles. The van der Waals surface area contributed by atoms with Gasteiger partial charge in [0.1, 0.15) is 11.2 Å². The highest BCUT2D eigenvalue weighted by molar-refractivity contribution is 7.71. The van der Waals surface area contributed by atoms with Crippen LogP contribution in [0.3, 0.4) is 0 Å². The Kier molecular flexibility index (Phi) is 4.55. The zero-order valence-electron chi connectivity index (χ0n) is 12.1. The quantitative estimate of drug-likeness (QED) is 0.805. The minimum atomic E-state index is -4.45. The number of aromatic nitrogens is 2. The summed E-state index contributed by atoms with van der Waals surface area (Å²) in [6, 6.07) is 7.09. The van der Waals surface area contributed by atoms with E-state index >= 15 is 0 Å². The highest BCUT2D eigenvalue weighted by atomic mass is 32.1. The van der Waals surface area contributed by atoms with Gasteiger partial charge in [0.05, 0.1) is 6.54 Å². The van der Waals surface area contributed by atoms with Gasteiger partial charge in [0.25, 0.3) is 0 Å². The second kappa shape index (κ2) is 6.08. The summed E-state index contributed by atoms with van der Waals surface area (Å²) in [7, 11) is 0. The van der Waals surface area contributed by atoms with E-state index in [0.717, 1.165) is 22.9 Å². The fourth-order valence-electron chi connectivity index (χ4n) is 2.36. The first-order valence-electron chi connectivity index (χ1n) is 6.60. The van der Waals surface area contributed by atoms with Crippen molar-refractivity contribution >= 4 is 12.2 Å². The summed E-state index contributed by atoms with van der Waals surface area (Å²) in [5.41, 5.74) is 2.11. The maximum absolute atomic E-state index is 12.5. The second-order valence-corrected chi connectivity index (χ2v) is 5.68. The van der Waals surface area contributed by atoms with Crippen LogP contribution in [0.15, 0.2) is 35.3 Å². The molecule has 0 aliphatic heterocycles. The van der Waals surface area contributed by atoms with Crippen LogP contribution in [0.5, 0.6) is 0 Å². The van der Waals surface area contributed by atoms with Crippen LogP contribution in [0.4, 0.5) is 13.2 Å². The van der Waals surface area contributed by atoms with Gasteiger partial charge in [-0.25, -0.2) is 4.79 Å². The minimum absolute atomic E-state index is 0.152. The summed E-state index contributed by atoms with van der Waals surface area (Å²) >= 11 is 5.07. The van der Waals surface area contributed by atoms with Gasteiger partial charge in [0, 0.05) is 6.20 Å². The molecule has 2 rings (SSSR count). The fourth-order valence-corrected chi connectivity index (χ4v) is 2.56. The molecule has 2 aromatic rings. The molecule has 0 bridgehead atoms. The normalized spacial score (nSPS) is 11.7. The van der Waals surface area contributed by atoms with Crippen LogP contribution in [-0.4, -0.2) is 15.3 Å². The van der Waals surface area contributed by atoms with E-state index in [1.54, 1.807) is 0 Å². The first kappa shape index (κ1) is 16.5. The monoisotopic (exact) mass is 328 g/mol. The standard InChI is InChI=1S/C15H15F3N2OS/c1-10-5-11(2)7-12(6-10)8-20-13(22)3-4-19(14(20)21)9-15(16,17)18/h3-7H,8-9H2,1-2H3. The predicted octanol–water partition coefficient (Wildman–Crippen LogP) is 3.61. The van der Waals surface area contributed by atoms with Gasteiger partial charge in [-0.15, -0.1) is 0 Å². The molecule has 1 aromatic heterocycles. The topological polar surface area (TPSA) is 26.9 Å². The van der Waals surface area contributed by atoms with Crippen LogP contribution in [0.1, 0.15) is 16.7 Å². The summed E-state index contributed by atoms with van der Waals surface area (Å²) in [6.07, 6.45) is -3.37. The molecular weight excluding hydrogens is 313 g/mol. The molecule has 0 saturated heterocycles. The van der Waals surface area contributed by atoms with Crippen molar-refractivity contribution < 1.29 is 13.2 Å². The van der Waals surface area contributed by atoms with Crippen molar-refractivity contribution in [3.05, 3.63) is 62.3 Å². The van der Waals surface area contributed by atoms with E-state index in [-0.39, 0.29) is 11.2 Å². The summed E-state index contributed by atoms with van der Waals surface area (Å²) in [5.74, 6) is 0. The Morgan fingerprint density at radius 3 is 2.27 bits per heavy atom. The van der Waals surface area contributed by atoms with Crippen molar-refractivity contribution in [2.75, 3.05) is 0 Å². The molecule has 0 aliphatic rings. The molecule has 118 valence electrons. The van der Waals surface area contributed by atoms with E-state index in [1.807, 2.05) is 32.0 Å². The average Bonchev–Trinajstić information content (AvgIpc) is 2.35. The number of aryl methyl sites for hydroxylation is 2. The van der Waals surface area contributed by atoms with Crippen LogP contribution < -0.4 is 5.69 Å². The summed E-state index contributed by atoms with van der Waals surface area (Å²) in [5, 5.41) is 0. The Hall–Kier alpha value is -1.89. The largest absolute Gasteiger partial charge is 0.406 e. The van der Waals surface area contributed by atoms with Crippen LogP contribution in [0.2, 0.25) is 0 Å². The van der Waals surface area contributed by atoms with Gasteiger partial charge in [0.2, 0.25) is 0 Å². The Morgan fingerprint density at radius 2 is 1.73 bits per heavy atom. The molecule has 0 spiro atoms. The Labute approximate surface area is 130 Å². The summed E-state index contributed by atoms with van der Waals surface area (Å²) < 4.78 is 39.5. The number of hydrogen-bond donors (Lipinski definition) is 0. The van der Waals surface area contributed by atoms with Crippen molar-refractivity contribution in [1.29, 1.82) is 0 Å². The number of rotatable bonds is 3. The number of hydrogen-bond acceptors (Lipinski definition) is 2. The fraction of sp³-hybridized carbons (Fsp3) is 0.333. The molecule has 0 radical (unpaired) electrons. The third-order valence-electron chi connectivity index (χ3n) is 3.11. The zero-order valence-corrected chi connectivity index (χ0v) is 13.0. The Bertz CT molecular complexity index is 785. The molecule has 0 saturated carbocycles. The minimum Gasteiger partial charge on any atom is -0.291 e. The highest BCUT2D eigenvalue weighted by Crippen LogP contribution is 2.16. The van der Waals surface area contributed by atoms with Crippen molar-refractivity contribution in [3.63, 3.8) is 0 Å². The van der Waals surface area contributed by atoms with Gasteiger partial charge in [-0.2, -0.15) is 13.2 Å². The Balaban J connectivity index is 2.44. The number of nitrogens with zero attached hydrogens (tertiary/aromatic N) is 2. The SMILES string of the molecule is Cc1cc(C)cc(Cn2c(=S)ccn(CC(F)(F)F)c2=O)c1. The molecule has 0 atom stereocenters. The maximum Gasteiger partial charge on any atom is 0.406 e. The van der Waals surface area contributed by atoms with Gasteiger partial charge >= 0.3 is 11.9 Å². The van der Waals surface area contributed by atoms with Crippen molar-refractivity contribution in [3.8, 4) is 0 Å². The molecule has 7 heteroatoms. The van der Waals surface area contributed by atoms with Crippen LogP contribution in [0, 0.1) is 18.5 Å². The van der Waals surface area contributed by atoms with Crippen LogP contribution in [-0.2, 0) is 13.1 Å². The van der Waals surface area contributed by atoms with Gasteiger partial charge in [-0.05, 0) is 25.5 Å². The van der Waals surface area contributed by atoms with E-state index in [0.29, 0.717) is 4.57 Å². The van der Waals surface area contributed by atoms with Crippen LogP contribution in [0.25, 0.3) is 0 Å². The molecule has 0 aliphatic carbocycles. The first-order chi connectivity index (χ1) is 10.2. The number of halogens is 3. The zero-order chi connectivity index (χ0) is 16.5. The number of benzene rings is 1. The van der Waals surface area contributed by atoms with E-state index < -0.39 is 18.4 Å². The van der Waals surface area contributed by atoms with Gasteiger partial charge in [0.15, 0.2) is 0 Å². The summed E-state index contributed by atoms with van der Waals surface area (Å²) in [4.78, 5) is 12.2. The lowest BCUT2D eigenvalue weighted by atomic mass is 10.1. The maximum atomic E-state index is 12.5. The van der Waals surface area contributed by atoms with E-state index in [1.165, 1.54) is 10.6 Å². The molecule has 0 unspecified atom stereocenters. The molecule has 3 nitrogen and oxygen atoms in total. The second-order valence-electron chi connectivity index (χ2n) is 5.26. The summed E-state index contributed by atoms with van der Waals surface area (Å²) in [6.45, 7) is 2.67. The lowest BCUT2D eigenvalue weighted by molar-refractivity contribution is -0.141. The van der Waals surface area contributed by atoms with Gasteiger partial charge in [-0.3, -0.25) is 9.13 Å². The smallest absolute Gasteiger partial charge is 0.291 e. The molecule has 22 heavy (non-hydrogen) atoms. The van der Waals surface area contributed by atoms with E-state index in [2.05, 4.69) is 0 Å². The molecule has 1 aromatic carbocycles. The third-order valence-corrected chi connectivity index (χ3v) is 3.47. The van der Waals surface area contributed by atoms with Crippen molar-refractivity contribution in [2.45, 2.75) is 33.1 Å². The molecular formula is C15H15F3N2OS. The Morgan fingerprint density at radius 1 is 1.14 bits per heavy atom. The van der Waals surface area contributed by atoms with E-state index in [4.69, 9.17) is 12.2 Å². The van der Waals surface area contributed by atoms with Crippen molar-refractivity contribution in [2.24, 2.45) is 0 Å². The van der Waals surface area contributed by atoms with Gasteiger partial charge in [-0.1, -0.05) is 41.5 Å². The number of alkyl halides is 3. The molecule has 0 fully saturated rings. The molecule has 0 amide bonds. The van der Waals surface area contributed by atoms with Crippen LogP contribution >= 0.6 is 12.2 Å². The first-order valence-corrected chi connectivity index (χ1v) is 7.01. The predicted molar refractivity (Wildman–Crippen MR) is 80.6 cm³/mol. The van der Waals surface area contributed by atoms with Crippen molar-refractivity contribution in [1.82, 2.24) is 9.13 Å². The average molecular weight is 328 g/mol. The third kappa shape index (κ3) is 4.07. The van der Waals surface area contributed by atoms with Gasteiger partial charge < -0.3 is 0 Å². The highest BCUT2D eigenvalue weighted by Gasteiger charge is 2.28. The molecule has 0 N–H and O–H groups in total. The van der Waals surface area contributed by atoms with E-state index in [9.17, 15) is 18.0 Å².